The molecule has 3 rings (SSSR count). The fraction of sp³-hybridized carbons (Fsp3) is 0.611. The van der Waals surface area contributed by atoms with Crippen LogP contribution in [-0.4, -0.2) is 81.5 Å². The second-order valence-corrected chi connectivity index (χ2v) is 6.87. The van der Waals surface area contributed by atoms with Gasteiger partial charge in [-0.3, -0.25) is 9.69 Å². The van der Waals surface area contributed by atoms with Crippen LogP contribution in [0, 0.1) is 0 Å². The fourth-order valence-corrected chi connectivity index (χ4v) is 3.44. The van der Waals surface area contributed by atoms with Crippen LogP contribution in [0.15, 0.2) is 18.6 Å². The van der Waals surface area contributed by atoms with E-state index < -0.39 is 0 Å². The molecule has 0 spiro atoms. The molecule has 1 amide bonds. The van der Waals surface area contributed by atoms with Crippen molar-refractivity contribution in [1.29, 1.82) is 0 Å². The van der Waals surface area contributed by atoms with Gasteiger partial charge in [-0.2, -0.15) is 5.10 Å². The Morgan fingerprint density at radius 1 is 1.32 bits per heavy atom. The SMILES string of the molecule is CCN(CC)Cc1cnc2c(C(=O)N(C)[C@H]3CCN(C)C3)cnn2c1. The van der Waals surface area contributed by atoms with Crippen molar-refractivity contribution in [3.63, 3.8) is 0 Å². The highest BCUT2D eigenvalue weighted by molar-refractivity contribution is 5.99. The molecule has 2 aromatic rings. The minimum atomic E-state index is -0.000655. The maximum atomic E-state index is 12.9. The van der Waals surface area contributed by atoms with Crippen LogP contribution in [0.2, 0.25) is 0 Å². The molecule has 7 nitrogen and oxygen atoms in total. The van der Waals surface area contributed by atoms with Gasteiger partial charge in [0.15, 0.2) is 5.65 Å². The smallest absolute Gasteiger partial charge is 0.259 e. The largest absolute Gasteiger partial charge is 0.337 e. The van der Waals surface area contributed by atoms with Gasteiger partial charge in [0, 0.05) is 44.1 Å². The molecule has 0 unspecified atom stereocenters. The predicted octanol–water partition coefficient (Wildman–Crippen LogP) is 1.35. The molecule has 3 heterocycles. The van der Waals surface area contributed by atoms with Crippen molar-refractivity contribution >= 4 is 11.6 Å². The number of carbonyl (C=O) groups is 1. The van der Waals surface area contributed by atoms with E-state index in [4.69, 9.17) is 0 Å². The molecule has 1 aliphatic rings. The molecular formula is C18H28N6O. The molecule has 0 radical (unpaired) electrons. The molecule has 0 N–H and O–H groups in total. The summed E-state index contributed by atoms with van der Waals surface area (Å²) in [5.41, 5.74) is 2.31. The third-order valence-corrected chi connectivity index (χ3v) is 5.18. The van der Waals surface area contributed by atoms with E-state index in [1.807, 2.05) is 24.3 Å². The molecule has 1 saturated heterocycles. The summed E-state index contributed by atoms with van der Waals surface area (Å²) in [6.45, 7) is 9.09. The van der Waals surface area contributed by atoms with Crippen LogP contribution in [0.3, 0.4) is 0 Å². The zero-order chi connectivity index (χ0) is 18.0. The molecule has 1 fully saturated rings. The Balaban J connectivity index is 1.79. The summed E-state index contributed by atoms with van der Waals surface area (Å²) in [6.07, 6.45) is 6.48. The maximum Gasteiger partial charge on any atom is 0.259 e. The number of likely N-dealkylation sites (tertiary alicyclic amines) is 1. The first-order valence-electron chi connectivity index (χ1n) is 9.03. The van der Waals surface area contributed by atoms with Gasteiger partial charge in [-0.05, 0) is 33.1 Å². The summed E-state index contributed by atoms with van der Waals surface area (Å²) in [7, 11) is 3.97. The lowest BCUT2D eigenvalue weighted by molar-refractivity contribution is 0.0739. The topological polar surface area (TPSA) is 57.0 Å². The number of nitrogens with zero attached hydrogens (tertiary/aromatic N) is 6. The van der Waals surface area contributed by atoms with Gasteiger partial charge < -0.3 is 9.80 Å². The summed E-state index contributed by atoms with van der Waals surface area (Å²) < 4.78 is 1.72. The van der Waals surface area contributed by atoms with Crippen molar-refractivity contribution in [1.82, 2.24) is 29.3 Å². The fourth-order valence-electron chi connectivity index (χ4n) is 3.44. The van der Waals surface area contributed by atoms with Gasteiger partial charge in [0.05, 0.1) is 6.20 Å². The van der Waals surface area contributed by atoms with Crippen molar-refractivity contribution in [3.8, 4) is 0 Å². The van der Waals surface area contributed by atoms with E-state index in [2.05, 4.69) is 40.8 Å². The van der Waals surface area contributed by atoms with E-state index >= 15 is 0 Å². The second-order valence-electron chi connectivity index (χ2n) is 6.87. The predicted molar refractivity (Wildman–Crippen MR) is 97.6 cm³/mol. The lowest BCUT2D eigenvalue weighted by Gasteiger charge is -2.23. The Hall–Kier alpha value is -1.99. The van der Waals surface area contributed by atoms with Crippen molar-refractivity contribution < 1.29 is 4.79 Å². The number of carbonyl (C=O) groups excluding carboxylic acids is 1. The molecule has 0 saturated carbocycles. The van der Waals surface area contributed by atoms with Crippen LogP contribution in [0.1, 0.15) is 36.2 Å². The van der Waals surface area contributed by atoms with E-state index in [1.165, 1.54) is 0 Å². The standard InChI is InChI=1S/C18H28N6O/c1-5-23(6-2)11-14-9-19-17-16(10-20-24(17)12-14)18(25)22(4)15-7-8-21(3)13-15/h9-10,12,15H,5-8,11,13H2,1-4H3/t15-/m0/s1. The Morgan fingerprint density at radius 3 is 2.72 bits per heavy atom. The van der Waals surface area contributed by atoms with Crippen LogP contribution in [0.4, 0.5) is 0 Å². The lowest BCUT2D eigenvalue weighted by Crippen LogP contribution is -2.38. The van der Waals surface area contributed by atoms with Gasteiger partial charge in [-0.25, -0.2) is 9.50 Å². The average Bonchev–Trinajstić information content (AvgIpc) is 3.24. The summed E-state index contributed by atoms with van der Waals surface area (Å²) in [6, 6.07) is 0.259. The summed E-state index contributed by atoms with van der Waals surface area (Å²) in [5, 5.41) is 4.36. The minimum absolute atomic E-state index is 0.000655. The highest BCUT2D eigenvalue weighted by Gasteiger charge is 2.28. The highest BCUT2D eigenvalue weighted by atomic mass is 16.2. The monoisotopic (exact) mass is 344 g/mol. The summed E-state index contributed by atoms with van der Waals surface area (Å²) in [4.78, 5) is 23.8. The van der Waals surface area contributed by atoms with Crippen LogP contribution >= 0.6 is 0 Å². The second kappa shape index (κ2) is 7.49. The Bertz CT molecular complexity index is 738. The molecule has 2 aromatic heterocycles. The van der Waals surface area contributed by atoms with Gasteiger partial charge in [0.25, 0.3) is 5.91 Å². The van der Waals surface area contributed by atoms with Gasteiger partial charge in [-0.1, -0.05) is 13.8 Å². The number of fused-ring (bicyclic) bond motifs is 1. The molecule has 7 heteroatoms. The number of aromatic nitrogens is 3. The average molecular weight is 344 g/mol. The Labute approximate surface area is 149 Å². The third-order valence-electron chi connectivity index (χ3n) is 5.18. The number of amides is 1. The lowest BCUT2D eigenvalue weighted by atomic mass is 10.2. The van der Waals surface area contributed by atoms with Gasteiger partial charge >= 0.3 is 0 Å². The van der Waals surface area contributed by atoms with E-state index in [9.17, 15) is 4.79 Å². The number of hydrogen-bond donors (Lipinski definition) is 0. The number of hydrogen-bond acceptors (Lipinski definition) is 5. The molecular weight excluding hydrogens is 316 g/mol. The number of likely N-dealkylation sites (N-methyl/N-ethyl adjacent to an activating group) is 2. The quantitative estimate of drug-likeness (QED) is 0.792. The van der Waals surface area contributed by atoms with E-state index in [1.54, 1.807) is 10.7 Å². The normalized spacial score (nSPS) is 18.4. The summed E-state index contributed by atoms with van der Waals surface area (Å²) in [5.74, 6) is -0.000655. The molecule has 0 bridgehead atoms. The van der Waals surface area contributed by atoms with E-state index in [0.717, 1.165) is 44.7 Å². The first kappa shape index (κ1) is 17.8. The van der Waals surface area contributed by atoms with Crippen LogP contribution in [0.5, 0.6) is 0 Å². The zero-order valence-electron chi connectivity index (χ0n) is 15.6. The first-order chi connectivity index (χ1) is 12.0. The van der Waals surface area contributed by atoms with Crippen LogP contribution in [-0.2, 0) is 6.54 Å². The molecule has 25 heavy (non-hydrogen) atoms. The van der Waals surface area contributed by atoms with Crippen LogP contribution in [0.25, 0.3) is 5.65 Å². The van der Waals surface area contributed by atoms with Crippen molar-refractivity contribution in [2.75, 3.05) is 40.3 Å². The van der Waals surface area contributed by atoms with Crippen molar-refractivity contribution in [3.05, 3.63) is 29.7 Å². The number of rotatable bonds is 6. The molecule has 1 atom stereocenters. The van der Waals surface area contributed by atoms with Gasteiger partial charge in [0.1, 0.15) is 5.56 Å². The van der Waals surface area contributed by atoms with Crippen LogP contribution < -0.4 is 0 Å². The maximum absolute atomic E-state index is 12.9. The molecule has 136 valence electrons. The zero-order valence-corrected chi connectivity index (χ0v) is 15.6. The van der Waals surface area contributed by atoms with Gasteiger partial charge in [-0.15, -0.1) is 0 Å². The highest BCUT2D eigenvalue weighted by Crippen LogP contribution is 2.18. The Kier molecular flexibility index (Phi) is 5.34. The van der Waals surface area contributed by atoms with Crippen molar-refractivity contribution in [2.45, 2.75) is 32.9 Å². The first-order valence-corrected chi connectivity index (χ1v) is 9.03. The van der Waals surface area contributed by atoms with Gasteiger partial charge in [0.2, 0.25) is 0 Å². The molecule has 0 aliphatic carbocycles. The third kappa shape index (κ3) is 3.67. The minimum Gasteiger partial charge on any atom is -0.337 e. The molecule has 0 aromatic carbocycles. The van der Waals surface area contributed by atoms with E-state index in [0.29, 0.717) is 11.2 Å². The summed E-state index contributed by atoms with van der Waals surface area (Å²) >= 11 is 0. The molecule has 1 aliphatic heterocycles. The van der Waals surface area contributed by atoms with E-state index in [-0.39, 0.29) is 11.9 Å². The van der Waals surface area contributed by atoms with Crippen molar-refractivity contribution in [2.24, 2.45) is 0 Å². The Morgan fingerprint density at radius 2 is 2.08 bits per heavy atom.